The minimum atomic E-state index is -0.593. The standard InChI is InChI=1S/C21H19N3O2/c1-13-7-9-14(10-8-13)16-12-18(25)24-20(16)21(26)23-17-6-2-4-15-5-3-11-22-19(15)17/h2-11,16,20H,12H2,1H3,(H,23,26)(H,24,25)/t16-,20-/m0/s1. The van der Waals surface area contributed by atoms with Crippen LogP contribution in [0.15, 0.2) is 60.8 Å². The maximum Gasteiger partial charge on any atom is 0.247 e. The number of nitrogens with zero attached hydrogens (tertiary/aromatic N) is 1. The number of carbonyl (C=O) groups is 2. The zero-order chi connectivity index (χ0) is 18.1. The first-order valence-corrected chi connectivity index (χ1v) is 8.62. The monoisotopic (exact) mass is 345 g/mol. The number of carbonyl (C=O) groups excluding carboxylic acids is 2. The van der Waals surface area contributed by atoms with Gasteiger partial charge in [0.05, 0.1) is 11.2 Å². The Bertz CT molecular complexity index is 977. The number of anilines is 1. The van der Waals surface area contributed by atoms with Crippen molar-refractivity contribution in [3.8, 4) is 0 Å². The fourth-order valence-electron chi connectivity index (χ4n) is 3.44. The maximum absolute atomic E-state index is 12.9. The molecule has 0 unspecified atom stereocenters. The van der Waals surface area contributed by atoms with E-state index in [4.69, 9.17) is 0 Å². The van der Waals surface area contributed by atoms with Crippen LogP contribution in [0.1, 0.15) is 23.5 Å². The number of aryl methyl sites for hydroxylation is 1. The lowest BCUT2D eigenvalue weighted by Crippen LogP contribution is -2.40. The van der Waals surface area contributed by atoms with Crippen LogP contribution in [-0.4, -0.2) is 22.8 Å². The zero-order valence-corrected chi connectivity index (χ0v) is 14.4. The average Bonchev–Trinajstić information content (AvgIpc) is 3.04. The smallest absolute Gasteiger partial charge is 0.247 e. The van der Waals surface area contributed by atoms with Crippen molar-refractivity contribution >= 4 is 28.4 Å². The molecule has 0 spiro atoms. The number of pyridine rings is 1. The van der Waals surface area contributed by atoms with Crippen LogP contribution in [0, 0.1) is 6.92 Å². The van der Waals surface area contributed by atoms with Gasteiger partial charge in [-0.3, -0.25) is 14.6 Å². The molecule has 0 bridgehead atoms. The normalized spacial score (nSPS) is 19.3. The minimum Gasteiger partial charge on any atom is -0.344 e. The highest BCUT2D eigenvalue weighted by Gasteiger charge is 2.38. The van der Waals surface area contributed by atoms with Gasteiger partial charge in [0.15, 0.2) is 0 Å². The van der Waals surface area contributed by atoms with E-state index in [-0.39, 0.29) is 17.7 Å². The summed E-state index contributed by atoms with van der Waals surface area (Å²) in [7, 11) is 0. The van der Waals surface area contributed by atoms with E-state index in [0.717, 1.165) is 22.0 Å². The van der Waals surface area contributed by atoms with Crippen molar-refractivity contribution < 1.29 is 9.59 Å². The van der Waals surface area contributed by atoms with Crippen LogP contribution >= 0.6 is 0 Å². The predicted molar refractivity (Wildman–Crippen MR) is 101 cm³/mol. The van der Waals surface area contributed by atoms with Crippen molar-refractivity contribution in [2.75, 3.05) is 5.32 Å². The number of fused-ring (bicyclic) bond motifs is 1. The molecule has 5 nitrogen and oxygen atoms in total. The molecule has 2 amide bonds. The Morgan fingerprint density at radius 1 is 1.12 bits per heavy atom. The van der Waals surface area contributed by atoms with Gasteiger partial charge in [0, 0.05) is 23.9 Å². The molecule has 3 aromatic rings. The Balaban J connectivity index is 1.61. The fraction of sp³-hybridized carbons (Fsp3) is 0.190. The number of aromatic nitrogens is 1. The first kappa shape index (κ1) is 16.3. The van der Waals surface area contributed by atoms with E-state index in [1.54, 1.807) is 6.20 Å². The summed E-state index contributed by atoms with van der Waals surface area (Å²) in [6.45, 7) is 2.01. The topological polar surface area (TPSA) is 71.1 Å². The van der Waals surface area contributed by atoms with Gasteiger partial charge >= 0.3 is 0 Å². The summed E-state index contributed by atoms with van der Waals surface area (Å²) >= 11 is 0. The highest BCUT2D eigenvalue weighted by atomic mass is 16.2. The third-order valence-corrected chi connectivity index (χ3v) is 4.80. The molecule has 1 aliphatic rings. The molecule has 0 radical (unpaired) electrons. The molecule has 4 rings (SSSR count). The quantitative estimate of drug-likeness (QED) is 0.766. The van der Waals surface area contributed by atoms with Crippen molar-refractivity contribution in [2.24, 2.45) is 0 Å². The molecule has 0 aliphatic carbocycles. The van der Waals surface area contributed by atoms with Gasteiger partial charge in [-0.15, -0.1) is 0 Å². The van der Waals surface area contributed by atoms with Crippen LogP contribution in [0.4, 0.5) is 5.69 Å². The molecule has 1 fully saturated rings. The summed E-state index contributed by atoms with van der Waals surface area (Å²) < 4.78 is 0. The van der Waals surface area contributed by atoms with Crippen LogP contribution in [0.5, 0.6) is 0 Å². The van der Waals surface area contributed by atoms with Gasteiger partial charge < -0.3 is 10.6 Å². The van der Waals surface area contributed by atoms with Gasteiger partial charge in [-0.05, 0) is 24.6 Å². The number of benzene rings is 2. The van der Waals surface area contributed by atoms with Crippen molar-refractivity contribution in [1.29, 1.82) is 0 Å². The number of amides is 2. The summed E-state index contributed by atoms with van der Waals surface area (Å²) in [5.74, 6) is -0.502. The maximum atomic E-state index is 12.9. The molecule has 2 heterocycles. The van der Waals surface area contributed by atoms with E-state index in [1.165, 1.54) is 0 Å². The zero-order valence-electron chi connectivity index (χ0n) is 14.4. The second-order valence-electron chi connectivity index (χ2n) is 6.64. The van der Waals surface area contributed by atoms with Gasteiger partial charge in [-0.2, -0.15) is 0 Å². The van der Waals surface area contributed by atoms with Crippen LogP contribution in [0.2, 0.25) is 0 Å². The number of para-hydroxylation sites is 1. The molecule has 2 aromatic carbocycles. The Labute approximate surface area is 151 Å². The van der Waals surface area contributed by atoms with Crippen molar-refractivity contribution in [3.05, 3.63) is 71.9 Å². The third kappa shape index (κ3) is 3.04. The Hall–Kier alpha value is -3.21. The lowest BCUT2D eigenvalue weighted by Gasteiger charge is -2.19. The molecule has 0 saturated carbocycles. The highest BCUT2D eigenvalue weighted by molar-refractivity contribution is 6.05. The lowest BCUT2D eigenvalue weighted by atomic mass is 9.91. The minimum absolute atomic E-state index is 0.105. The van der Waals surface area contributed by atoms with Gasteiger partial charge in [0.2, 0.25) is 11.8 Å². The predicted octanol–water partition coefficient (Wildman–Crippen LogP) is 3.15. The van der Waals surface area contributed by atoms with Crippen LogP contribution in [-0.2, 0) is 9.59 Å². The highest BCUT2D eigenvalue weighted by Crippen LogP contribution is 2.30. The summed E-state index contributed by atoms with van der Waals surface area (Å²) in [5.41, 5.74) is 3.52. The van der Waals surface area contributed by atoms with E-state index < -0.39 is 6.04 Å². The molecule has 1 aliphatic heterocycles. The van der Waals surface area contributed by atoms with Crippen molar-refractivity contribution in [1.82, 2.24) is 10.3 Å². The Morgan fingerprint density at radius 2 is 1.88 bits per heavy atom. The lowest BCUT2D eigenvalue weighted by molar-refractivity contribution is -0.122. The Kier molecular flexibility index (Phi) is 4.13. The average molecular weight is 345 g/mol. The second kappa shape index (κ2) is 6.59. The number of hydrogen-bond donors (Lipinski definition) is 2. The number of hydrogen-bond acceptors (Lipinski definition) is 3. The summed E-state index contributed by atoms with van der Waals surface area (Å²) in [5, 5.41) is 6.71. The summed E-state index contributed by atoms with van der Waals surface area (Å²) in [4.78, 5) is 29.2. The molecule has 130 valence electrons. The fourth-order valence-corrected chi connectivity index (χ4v) is 3.44. The van der Waals surface area contributed by atoms with Crippen LogP contribution in [0.3, 0.4) is 0 Å². The number of nitrogens with one attached hydrogen (secondary N) is 2. The molecule has 5 heteroatoms. The van der Waals surface area contributed by atoms with Gasteiger partial charge in [-0.1, -0.05) is 48.0 Å². The summed E-state index contributed by atoms with van der Waals surface area (Å²) in [6.07, 6.45) is 2.01. The molecule has 26 heavy (non-hydrogen) atoms. The van der Waals surface area contributed by atoms with Crippen molar-refractivity contribution in [2.45, 2.75) is 25.3 Å². The molecule has 2 atom stereocenters. The number of rotatable bonds is 3. The van der Waals surface area contributed by atoms with Crippen molar-refractivity contribution in [3.63, 3.8) is 0 Å². The molecule has 2 N–H and O–H groups in total. The van der Waals surface area contributed by atoms with Crippen LogP contribution < -0.4 is 10.6 Å². The third-order valence-electron chi connectivity index (χ3n) is 4.80. The van der Waals surface area contributed by atoms with E-state index >= 15 is 0 Å². The largest absolute Gasteiger partial charge is 0.344 e. The van der Waals surface area contributed by atoms with E-state index in [1.807, 2.05) is 61.5 Å². The van der Waals surface area contributed by atoms with E-state index in [0.29, 0.717) is 12.1 Å². The Morgan fingerprint density at radius 3 is 2.69 bits per heavy atom. The first-order chi connectivity index (χ1) is 12.6. The molecular weight excluding hydrogens is 326 g/mol. The van der Waals surface area contributed by atoms with Gasteiger partial charge in [0.25, 0.3) is 0 Å². The van der Waals surface area contributed by atoms with E-state index in [2.05, 4.69) is 15.6 Å². The van der Waals surface area contributed by atoms with Gasteiger partial charge in [0.1, 0.15) is 6.04 Å². The summed E-state index contributed by atoms with van der Waals surface area (Å²) in [6, 6.07) is 16.8. The molecule has 1 saturated heterocycles. The second-order valence-corrected chi connectivity index (χ2v) is 6.64. The van der Waals surface area contributed by atoms with E-state index in [9.17, 15) is 9.59 Å². The molecule has 1 aromatic heterocycles. The first-order valence-electron chi connectivity index (χ1n) is 8.62. The van der Waals surface area contributed by atoms with Gasteiger partial charge in [-0.25, -0.2) is 0 Å². The van der Waals surface area contributed by atoms with Crippen LogP contribution in [0.25, 0.3) is 10.9 Å². The molecular formula is C21H19N3O2. The SMILES string of the molecule is Cc1ccc([C@@H]2CC(=O)N[C@@H]2C(=O)Nc2cccc3cccnc23)cc1.